The van der Waals surface area contributed by atoms with Crippen LogP contribution in [0.25, 0.3) is 0 Å². The molecule has 0 spiro atoms. The predicted octanol–water partition coefficient (Wildman–Crippen LogP) is 1.28. The molecule has 2 rings (SSSR count). The number of sulfonamides is 1. The van der Waals surface area contributed by atoms with Gasteiger partial charge in [0.25, 0.3) is 0 Å². The minimum atomic E-state index is -3.85. The van der Waals surface area contributed by atoms with Crippen LogP contribution in [0.3, 0.4) is 0 Å². The molecule has 0 aromatic heterocycles. The molecule has 1 aliphatic rings. The Morgan fingerprint density at radius 3 is 2.57 bits per heavy atom. The van der Waals surface area contributed by atoms with Crippen molar-refractivity contribution in [3.05, 3.63) is 29.3 Å². The molecule has 0 aliphatic heterocycles. The molecule has 21 heavy (non-hydrogen) atoms. The van der Waals surface area contributed by atoms with Crippen LogP contribution >= 0.6 is 0 Å². The first-order valence-corrected chi connectivity index (χ1v) is 8.34. The summed E-state index contributed by atoms with van der Waals surface area (Å²) in [5, 5.41) is 18.9. The third kappa shape index (κ3) is 3.42. The Bertz CT molecular complexity index is 641. The van der Waals surface area contributed by atoms with Gasteiger partial charge in [-0.15, -0.1) is 0 Å². The highest BCUT2D eigenvalue weighted by molar-refractivity contribution is 7.89. The summed E-state index contributed by atoms with van der Waals surface area (Å²) in [6, 6.07) is 3.63. The van der Waals surface area contributed by atoms with Crippen LogP contribution in [0.4, 0.5) is 0 Å². The Hall–Kier alpha value is -1.44. The van der Waals surface area contributed by atoms with Crippen LogP contribution in [-0.2, 0) is 10.0 Å². The molecule has 2 atom stereocenters. The molecule has 116 valence electrons. The molecule has 1 aromatic rings. The van der Waals surface area contributed by atoms with E-state index in [0.717, 1.165) is 12.8 Å². The van der Waals surface area contributed by atoms with Crippen molar-refractivity contribution in [2.24, 2.45) is 0 Å². The molecule has 1 fully saturated rings. The molecule has 7 heteroatoms. The van der Waals surface area contributed by atoms with Gasteiger partial charge in [0.1, 0.15) is 0 Å². The molecule has 1 aromatic carbocycles. The molecular weight excluding hydrogens is 294 g/mol. The highest BCUT2D eigenvalue weighted by atomic mass is 32.2. The first-order valence-electron chi connectivity index (χ1n) is 6.86. The lowest BCUT2D eigenvalue weighted by Crippen LogP contribution is -2.45. The lowest BCUT2D eigenvalue weighted by Gasteiger charge is -2.28. The van der Waals surface area contributed by atoms with Gasteiger partial charge in [-0.3, -0.25) is 0 Å². The van der Waals surface area contributed by atoms with Crippen LogP contribution in [0.5, 0.6) is 0 Å². The van der Waals surface area contributed by atoms with Crippen LogP contribution < -0.4 is 4.72 Å². The van der Waals surface area contributed by atoms with Crippen LogP contribution in [0.2, 0.25) is 0 Å². The van der Waals surface area contributed by atoms with Crippen molar-refractivity contribution < 1.29 is 23.4 Å². The van der Waals surface area contributed by atoms with Crippen LogP contribution in [0.15, 0.2) is 23.1 Å². The third-order valence-electron chi connectivity index (χ3n) is 3.84. The maximum atomic E-state index is 12.4. The number of benzene rings is 1. The Morgan fingerprint density at radius 2 is 1.95 bits per heavy atom. The van der Waals surface area contributed by atoms with E-state index >= 15 is 0 Å². The van der Waals surface area contributed by atoms with Gasteiger partial charge < -0.3 is 10.2 Å². The van der Waals surface area contributed by atoms with E-state index in [-0.39, 0.29) is 16.0 Å². The van der Waals surface area contributed by atoms with E-state index in [2.05, 4.69) is 4.72 Å². The maximum absolute atomic E-state index is 12.4. The van der Waals surface area contributed by atoms with Gasteiger partial charge in [-0.2, -0.15) is 0 Å². The first-order chi connectivity index (χ1) is 9.83. The molecule has 0 unspecified atom stereocenters. The van der Waals surface area contributed by atoms with Crippen molar-refractivity contribution >= 4 is 16.0 Å². The summed E-state index contributed by atoms with van der Waals surface area (Å²) in [5.74, 6) is -1.16. The van der Waals surface area contributed by atoms with Crippen LogP contribution in [-0.4, -0.2) is 36.7 Å². The summed E-state index contributed by atoms with van der Waals surface area (Å²) in [6.45, 7) is 1.47. The Balaban J connectivity index is 2.31. The SMILES string of the molecule is Cc1c(C(=O)O)cccc1S(=O)(=O)N[C@H]1CCCC[C@@H]1O. The lowest BCUT2D eigenvalue weighted by atomic mass is 9.93. The van der Waals surface area contributed by atoms with Crippen molar-refractivity contribution in [3.8, 4) is 0 Å². The van der Waals surface area contributed by atoms with Gasteiger partial charge in [-0.05, 0) is 37.5 Å². The average Bonchev–Trinajstić information content (AvgIpc) is 2.41. The normalized spacial score (nSPS) is 23.0. The molecule has 0 radical (unpaired) electrons. The van der Waals surface area contributed by atoms with Gasteiger partial charge in [-0.25, -0.2) is 17.9 Å². The largest absolute Gasteiger partial charge is 0.478 e. The third-order valence-corrected chi connectivity index (χ3v) is 5.47. The molecule has 0 bridgehead atoms. The van der Waals surface area contributed by atoms with Crippen molar-refractivity contribution in [2.75, 3.05) is 0 Å². The fourth-order valence-corrected chi connectivity index (χ4v) is 4.22. The lowest BCUT2D eigenvalue weighted by molar-refractivity contribution is 0.0695. The smallest absolute Gasteiger partial charge is 0.335 e. The van der Waals surface area contributed by atoms with E-state index in [1.54, 1.807) is 0 Å². The number of carboxylic acid groups (broad SMARTS) is 1. The summed E-state index contributed by atoms with van der Waals surface area (Å²) >= 11 is 0. The van der Waals surface area contributed by atoms with Crippen LogP contribution in [0, 0.1) is 6.92 Å². The van der Waals surface area contributed by atoms with Crippen LogP contribution in [0.1, 0.15) is 41.6 Å². The Kier molecular flexibility index (Phi) is 4.65. The fourth-order valence-electron chi connectivity index (χ4n) is 2.65. The summed E-state index contributed by atoms with van der Waals surface area (Å²) in [6.07, 6.45) is 2.20. The minimum absolute atomic E-state index is 0.0398. The van der Waals surface area contributed by atoms with Crippen molar-refractivity contribution in [1.82, 2.24) is 4.72 Å². The second kappa shape index (κ2) is 6.13. The van der Waals surface area contributed by atoms with Crippen molar-refractivity contribution in [2.45, 2.75) is 49.6 Å². The zero-order valence-electron chi connectivity index (χ0n) is 11.7. The van der Waals surface area contributed by atoms with E-state index in [1.807, 2.05) is 0 Å². The zero-order valence-corrected chi connectivity index (χ0v) is 12.6. The van der Waals surface area contributed by atoms with Gasteiger partial charge in [-0.1, -0.05) is 18.9 Å². The van der Waals surface area contributed by atoms with Crippen molar-refractivity contribution in [3.63, 3.8) is 0 Å². The molecule has 0 amide bonds. The minimum Gasteiger partial charge on any atom is -0.478 e. The fraction of sp³-hybridized carbons (Fsp3) is 0.500. The molecule has 1 saturated carbocycles. The average molecular weight is 313 g/mol. The number of aliphatic hydroxyl groups is 1. The number of carboxylic acids is 1. The Morgan fingerprint density at radius 1 is 1.29 bits per heavy atom. The van der Waals surface area contributed by atoms with E-state index < -0.39 is 28.1 Å². The number of carbonyl (C=O) groups is 1. The number of hydrogen-bond donors (Lipinski definition) is 3. The molecule has 1 aliphatic carbocycles. The van der Waals surface area contributed by atoms with E-state index in [1.165, 1.54) is 25.1 Å². The standard InChI is InChI=1S/C14H19NO5S/c1-9-10(14(17)18)5-4-8-13(9)21(19,20)15-11-6-2-3-7-12(11)16/h4-5,8,11-12,15-16H,2-3,6-7H2,1H3,(H,17,18)/t11-,12-/m0/s1. The Labute approximate surface area is 123 Å². The van der Waals surface area contributed by atoms with Crippen molar-refractivity contribution in [1.29, 1.82) is 0 Å². The first kappa shape index (κ1) is 15.9. The van der Waals surface area contributed by atoms with E-state index in [4.69, 9.17) is 5.11 Å². The molecule has 0 saturated heterocycles. The number of aliphatic hydroxyl groups excluding tert-OH is 1. The molecular formula is C14H19NO5S. The highest BCUT2D eigenvalue weighted by Crippen LogP contribution is 2.23. The quantitative estimate of drug-likeness (QED) is 0.776. The highest BCUT2D eigenvalue weighted by Gasteiger charge is 2.29. The van der Waals surface area contributed by atoms with E-state index in [0.29, 0.717) is 12.8 Å². The monoisotopic (exact) mass is 313 g/mol. The zero-order chi connectivity index (χ0) is 15.6. The van der Waals surface area contributed by atoms with Gasteiger partial charge >= 0.3 is 5.97 Å². The topological polar surface area (TPSA) is 104 Å². The molecule has 3 N–H and O–H groups in total. The summed E-state index contributed by atoms with van der Waals surface area (Å²) in [7, 11) is -3.85. The second-order valence-corrected chi connectivity index (χ2v) is 7.00. The van der Waals surface area contributed by atoms with Gasteiger partial charge in [0.2, 0.25) is 10.0 Å². The number of aromatic carboxylic acids is 1. The maximum Gasteiger partial charge on any atom is 0.335 e. The summed E-state index contributed by atoms with van der Waals surface area (Å²) in [4.78, 5) is 11.0. The van der Waals surface area contributed by atoms with E-state index in [9.17, 15) is 18.3 Å². The number of rotatable bonds is 4. The molecule has 6 nitrogen and oxygen atoms in total. The van der Waals surface area contributed by atoms with Gasteiger partial charge in [0, 0.05) is 6.04 Å². The number of nitrogens with one attached hydrogen (secondary N) is 1. The summed E-state index contributed by atoms with van der Waals surface area (Å²) in [5.41, 5.74) is 0.157. The number of hydrogen-bond acceptors (Lipinski definition) is 4. The summed E-state index contributed by atoms with van der Waals surface area (Å²) < 4.78 is 27.4. The van der Waals surface area contributed by atoms with Gasteiger partial charge in [0.15, 0.2) is 0 Å². The van der Waals surface area contributed by atoms with Gasteiger partial charge in [0.05, 0.1) is 16.6 Å². The molecule has 0 heterocycles. The predicted molar refractivity (Wildman–Crippen MR) is 76.7 cm³/mol. The second-order valence-electron chi connectivity index (χ2n) is 5.31.